The van der Waals surface area contributed by atoms with E-state index in [1.807, 2.05) is 0 Å². The average molecular weight is 1380 g/mol. The summed E-state index contributed by atoms with van der Waals surface area (Å²) >= 11 is 0. The van der Waals surface area contributed by atoms with Crippen molar-refractivity contribution in [3.8, 4) is 0 Å². The summed E-state index contributed by atoms with van der Waals surface area (Å²) in [5.41, 5.74) is 0. The molecular weight excluding hydrogens is 1230 g/mol. The summed E-state index contributed by atoms with van der Waals surface area (Å²) in [6, 6.07) is 0. The molecule has 4 unspecified atom stereocenters. The topological polar surface area (TPSA) is 237 Å². The van der Waals surface area contributed by atoms with Crippen LogP contribution >= 0.6 is 15.6 Å². The number of aliphatic hydroxyl groups is 1. The highest BCUT2D eigenvalue weighted by Gasteiger charge is 2.30. The van der Waals surface area contributed by atoms with Gasteiger partial charge in [0.2, 0.25) is 0 Å². The predicted octanol–water partition coefficient (Wildman–Crippen LogP) is 21.9. The summed E-state index contributed by atoms with van der Waals surface area (Å²) in [6.07, 6.45) is 54.3. The Labute approximate surface area is 575 Å². The van der Waals surface area contributed by atoms with Gasteiger partial charge in [-0.3, -0.25) is 37.3 Å². The zero-order valence-electron chi connectivity index (χ0n) is 61.3. The molecular formula is C75H146O17P2. The van der Waals surface area contributed by atoms with E-state index in [4.69, 9.17) is 37.0 Å². The Bertz CT molecular complexity index is 1820. The molecule has 0 aliphatic rings. The minimum absolute atomic E-state index is 0.103. The summed E-state index contributed by atoms with van der Waals surface area (Å²) < 4.78 is 68.4. The lowest BCUT2D eigenvalue weighted by Crippen LogP contribution is -2.30. The molecule has 3 N–H and O–H groups in total. The van der Waals surface area contributed by atoms with E-state index in [-0.39, 0.29) is 25.7 Å². The summed E-state index contributed by atoms with van der Waals surface area (Å²) in [5.74, 6) is -0.625. The molecule has 0 rings (SSSR count). The third-order valence-electron chi connectivity index (χ3n) is 18.2. The second-order valence-electron chi connectivity index (χ2n) is 27.5. The Morgan fingerprint density at radius 1 is 0.298 bits per heavy atom. The van der Waals surface area contributed by atoms with Crippen LogP contribution in [-0.2, 0) is 65.4 Å². The lowest BCUT2D eigenvalue weighted by Gasteiger charge is -2.21. The molecule has 19 heteroatoms. The van der Waals surface area contributed by atoms with Gasteiger partial charge in [0, 0.05) is 25.7 Å². The van der Waals surface area contributed by atoms with Crippen LogP contribution in [0.2, 0.25) is 0 Å². The molecule has 0 aliphatic carbocycles. The third-order valence-corrected chi connectivity index (χ3v) is 20.1. The second kappa shape index (κ2) is 66.9. The van der Waals surface area contributed by atoms with Crippen LogP contribution in [0.5, 0.6) is 0 Å². The van der Waals surface area contributed by atoms with E-state index in [1.54, 1.807) is 0 Å². The van der Waals surface area contributed by atoms with Gasteiger partial charge in [-0.15, -0.1) is 0 Å². The van der Waals surface area contributed by atoms with Gasteiger partial charge in [0.05, 0.1) is 26.4 Å². The van der Waals surface area contributed by atoms with Crippen molar-refractivity contribution in [2.75, 3.05) is 39.6 Å². The van der Waals surface area contributed by atoms with Crippen molar-refractivity contribution in [2.24, 2.45) is 11.8 Å². The summed E-state index contributed by atoms with van der Waals surface area (Å²) in [4.78, 5) is 72.7. The Balaban J connectivity index is 5.17. The van der Waals surface area contributed by atoms with E-state index >= 15 is 0 Å². The van der Waals surface area contributed by atoms with Gasteiger partial charge >= 0.3 is 39.5 Å². The molecule has 0 saturated carbocycles. The van der Waals surface area contributed by atoms with Gasteiger partial charge in [-0.1, -0.05) is 337 Å². The van der Waals surface area contributed by atoms with Crippen LogP contribution < -0.4 is 0 Å². The molecule has 7 atom stereocenters. The van der Waals surface area contributed by atoms with Crippen molar-refractivity contribution in [3.63, 3.8) is 0 Å². The van der Waals surface area contributed by atoms with Crippen LogP contribution in [0, 0.1) is 11.8 Å². The zero-order chi connectivity index (χ0) is 69.3. The van der Waals surface area contributed by atoms with E-state index in [9.17, 15) is 43.2 Å². The van der Waals surface area contributed by atoms with E-state index in [2.05, 4.69) is 41.5 Å². The van der Waals surface area contributed by atoms with Crippen molar-refractivity contribution in [3.05, 3.63) is 0 Å². The second-order valence-corrected chi connectivity index (χ2v) is 30.4. The minimum atomic E-state index is -4.96. The predicted molar refractivity (Wildman–Crippen MR) is 381 cm³/mol. The molecule has 0 heterocycles. The van der Waals surface area contributed by atoms with E-state index in [1.165, 1.54) is 205 Å². The summed E-state index contributed by atoms with van der Waals surface area (Å²) in [5, 5.41) is 10.6. The van der Waals surface area contributed by atoms with Gasteiger partial charge in [0.25, 0.3) is 0 Å². The van der Waals surface area contributed by atoms with E-state index in [0.29, 0.717) is 25.7 Å². The first-order valence-electron chi connectivity index (χ1n) is 39.1. The molecule has 0 spiro atoms. The number of unbranched alkanes of at least 4 members (excludes halogenated alkanes) is 42. The van der Waals surface area contributed by atoms with Gasteiger partial charge in [-0.05, 0) is 37.5 Å². The van der Waals surface area contributed by atoms with Crippen molar-refractivity contribution < 1.29 is 80.2 Å². The van der Waals surface area contributed by atoms with Crippen LogP contribution in [-0.4, -0.2) is 96.7 Å². The molecule has 0 aromatic carbocycles. The molecule has 0 fully saturated rings. The van der Waals surface area contributed by atoms with Gasteiger partial charge in [-0.25, -0.2) is 9.13 Å². The first kappa shape index (κ1) is 92.1. The zero-order valence-corrected chi connectivity index (χ0v) is 63.1. The maximum atomic E-state index is 13.1. The maximum absolute atomic E-state index is 13.1. The number of esters is 4. The number of aliphatic hydroxyl groups excluding tert-OH is 1. The maximum Gasteiger partial charge on any atom is 0.472 e. The van der Waals surface area contributed by atoms with Crippen LogP contribution in [0.3, 0.4) is 0 Å². The quantitative estimate of drug-likeness (QED) is 0.0222. The SMILES string of the molecule is CCCCCCCCCCCCCCCCCCCCCCCCC(=O)O[C@H](COC(=O)CCCCCCCCCCC(C)CC)COP(=O)(O)OC[C@@H](O)COP(=O)(O)OC[C@@H](COC(=O)CCCCCCCCCCCC)OC(=O)CCCCCCCCC(C)CC. The van der Waals surface area contributed by atoms with Gasteiger partial charge in [0.15, 0.2) is 12.2 Å². The number of ether oxygens (including phenoxy) is 4. The van der Waals surface area contributed by atoms with Crippen LogP contribution in [0.25, 0.3) is 0 Å². The third kappa shape index (κ3) is 66.0. The van der Waals surface area contributed by atoms with Crippen molar-refractivity contribution in [1.29, 1.82) is 0 Å². The Kier molecular flexibility index (Phi) is 65.5. The lowest BCUT2D eigenvalue weighted by molar-refractivity contribution is -0.161. The molecule has 0 amide bonds. The molecule has 0 bridgehead atoms. The van der Waals surface area contributed by atoms with Gasteiger partial charge in [-0.2, -0.15) is 0 Å². The van der Waals surface area contributed by atoms with Gasteiger partial charge in [0.1, 0.15) is 19.3 Å². The summed E-state index contributed by atoms with van der Waals surface area (Å²) in [6.45, 7) is 9.52. The Hall–Kier alpha value is -1.94. The number of hydrogen-bond donors (Lipinski definition) is 3. The minimum Gasteiger partial charge on any atom is -0.462 e. The Morgan fingerprint density at radius 3 is 0.755 bits per heavy atom. The lowest BCUT2D eigenvalue weighted by atomic mass is 9.99. The highest BCUT2D eigenvalue weighted by Crippen LogP contribution is 2.45. The van der Waals surface area contributed by atoms with Crippen LogP contribution in [0.15, 0.2) is 0 Å². The number of carbonyl (C=O) groups excluding carboxylic acids is 4. The highest BCUT2D eigenvalue weighted by atomic mass is 31.2. The van der Waals surface area contributed by atoms with Crippen LogP contribution in [0.4, 0.5) is 0 Å². The fourth-order valence-electron chi connectivity index (χ4n) is 11.4. The first-order valence-corrected chi connectivity index (χ1v) is 42.1. The number of rotatable bonds is 74. The smallest absolute Gasteiger partial charge is 0.462 e. The normalized spacial score (nSPS) is 14.6. The molecule has 558 valence electrons. The standard InChI is InChI=1S/C75H146O17P2/c1-7-11-13-15-17-19-21-22-23-24-25-26-27-28-29-30-31-32-34-40-47-53-59-74(79)91-70(63-86-73(78)58-52-46-39-36-35-37-43-49-55-67(5)9-3)65-89-93(81,82)87-61-69(76)62-88-94(83,84)90-66-71(92-75(80)60-54-48-42-41-44-50-56-68(6)10-4)64-85-72(77)57-51-45-38-33-20-18-16-14-12-8-2/h67-71,76H,7-66H2,1-6H3,(H,81,82)(H,83,84)/t67?,68?,69-,70-,71-/m1/s1. The first-order chi connectivity index (χ1) is 45.4. The van der Waals surface area contributed by atoms with Crippen molar-refractivity contribution in [1.82, 2.24) is 0 Å². The van der Waals surface area contributed by atoms with Crippen molar-refractivity contribution in [2.45, 2.75) is 407 Å². The molecule has 0 aromatic rings. The molecule has 0 aliphatic heterocycles. The fraction of sp³-hybridized carbons (Fsp3) is 0.947. The molecule has 94 heavy (non-hydrogen) atoms. The van der Waals surface area contributed by atoms with Gasteiger partial charge < -0.3 is 33.8 Å². The fourth-order valence-corrected chi connectivity index (χ4v) is 13.0. The monoisotopic (exact) mass is 1380 g/mol. The molecule has 17 nitrogen and oxygen atoms in total. The van der Waals surface area contributed by atoms with E-state index in [0.717, 1.165) is 102 Å². The largest absolute Gasteiger partial charge is 0.472 e. The molecule has 0 aromatic heterocycles. The molecule has 0 saturated heterocycles. The summed E-state index contributed by atoms with van der Waals surface area (Å²) in [7, 11) is -9.91. The van der Waals surface area contributed by atoms with Crippen molar-refractivity contribution >= 4 is 39.5 Å². The number of carbonyl (C=O) groups is 4. The number of hydrogen-bond acceptors (Lipinski definition) is 15. The number of phosphoric ester groups is 2. The Morgan fingerprint density at radius 2 is 0.511 bits per heavy atom. The molecule has 0 radical (unpaired) electrons. The highest BCUT2D eigenvalue weighted by molar-refractivity contribution is 7.47. The number of phosphoric acid groups is 2. The van der Waals surface area contributed by atoms with E-state index < -0.39 is 97.5 Å². The van der Waals surface area contributed by atoms with Crippen LogP contribution in [0.1, 0.15) is 388 Å². The average Bonchev–Trinajstić information content (AvgIpc) is 1.45.